The van der Waals surface area contributed by atoms with Crippen LogP contribution in [-0.2, 0) is 11.2 Å². The largest absolute Gasteiger partial charge is 0.359 e. The van der Waals surface area contributed by atoms with Crippen molar-refractivity contribution in [3.05, 3.63) is 27.6 Å². The Morgan fingerprint density at radius 3 is 2.76 bits per heavy atom. The van der Waals surface area contributed by atoms with Crippen LogP contribution in [-0.4, -0.2) is 10.9 Å². The molecule has 0 aliphatic heterocycles. The number of halogens is 1. The Bertz CT molecular complexity index is 637. The first kappa shape index (κ1) is 15.8. The van der Waals surface area contributed by atoms with Gasteiger partial charge in [0.25, 0.3) is 0 Å². The quantitative estimate of drug-likeness (QED) is 0.848. The molecule has 1 aliphatic carbocycles. The van der Waals surface area contributed by atoms with Gasteiger partial charge in [-0.25, -0.2) is 0 Å². The van der Waals surface area contributed by atoms with Gasteiger partial charge in [0.05, 0.1) is 5.03 Å². The number of carbonyl (C=O) groups is 1. The molecule has 0 spiro atoms. The van der Waals surface area contributed by atoms with Gasteiger partial charge < -0.3 is 4.52 Å². The highest BCUT2D eigenvalue weighted by molar-refractivity contribution is 6.43. The van der Waals surface area contributed by atoms with Crippen LogP contribution < -0.4 is 0 Å². The van der Waals surface area contributed by atoms with E-state index in [0.29, 0.717) is 34.9 Å². The number of hydrogen-bond acceptors (Lipinski definition) is 4. The minimum Gasteiger partial charge on any atom is -0.359 e. The number of rotatable bonds is 3. The van der Waals surface area contributed by atoms with Crippen molar-refractivity contribution in [3.8, 4) is 6.07 Å². The van der Waals surface area contributed by atoms with E-state index < -0.39 is 0 Å². The topological polar surface area (TPSA) is 66.9 Å². The summed E-state index contributed by atoms with van der Waals surface area (Å²) in [6, 6.07) is 2.18. The summed E-state index contributed by atoms with van der Waals surface area (Å²) in [5, 5.41) is 13.7. The Hall–Kier alpha value is -1.60. The van der Waals surface area contributed by atoms with Crippen molar-refractivity contribution in [3.63, 3.8) is 0 Å². The molecule has 0 aromatic carbocycles. The van der Waals surface area contributed by atoms with Crippen LogP contribution in [0.15, 0.2) is 15.1 Å². The van der Waals surface area contributed by atoms with Gasteiger partial charge in [0.2, 0.25) is 0 Å². The molecule has 0 saturated heterocycles. The summed E-state index contributed by atoms with van der Waals surface area (Å²) in [5.41, 5.74) is 2.09. The van der Waals surface area contributed by atoms with Gasteiger partial charge in [0.15, 0.2) is 11.5 Å². The highest BCUT2D eigenvalue weighted by Gasteiger charge is 2.32. The van der Waals surface area contributed by atoms with E-state index in [0.717, 1.165) is 5.57 Å². The van der Waals surface area contributed by atoms with Crippen LogP contribution in [0.3, 0.4) is 0 Å². The standard InChI is InChI=1S/C16H19ClN2O2/c1-8(2)16-12(7-18)13(19-21-16)5-11-6-14(20)15(17)10(4)9(11)3/h8-9,11H,5-6H2,1-4H3. The van der Waals surface area contributed by atoms with Gasteiger partial charge in [-0.3, -0.25) is 4.79 Å². The first-order valence-electron chi connectivity index (χ1n) is 7.14. The van der Waals surface area contributed by atoms with E-state index in [1.54, 1.807) is 0 Å². The van der Waals surface area contributed by atoms with Crippen LogP contribution >= 0.6 is 11.6 Å². The molecule has 5 heteroatoms. The Labute approximate surface area is 129 Å². The third kappa shape index (κ3) is 2.89. The van der Waals surface area contributed by atoms with Crippen molar-refractivity contribution in [2.24, 2.45) is 11.8 Å². The average molecular weight is 307 g/mol. The second-order valence-corrected chi connectivity index (χ2v) is 6.39. The molecular weight excluding hydrogens is 288 g/mol. The molecule has 2 unspecified atom stereocenters. The highest BCUT2D eigenvalue weighted by atomic mass is 35.5. The number of nitriles is 1. The number of Topliss-reactive ketones (excluding diaryl/α,β-unsaturated/α-hetero) is 1. The lowest BCUT2D eigenvalue weighted by atomic mass is 9.77. The van der Waals surface area contributed by atoms with E-state index in [1.165, 1.54) is 0 Å². The number of carbonyl (C=O) groups excluding carboxylic acids is 1. The van der Waals surface area contributed by atoms with Gasteiger partial charge in [-0.15, -0.1) is 0 Å². The predicted octanol–water partition coefficient (Wildman–Crippen LogP) is 3.95. The van der Waals surface area contributed by atoms with Crippen molar-refractivity contribution in [2.45, 2.75) is 46.5 Å². The lowest BCUT2D eigenvalue weighted by molar-refractivity contribution is -0.116. The SMILES string of the molecule is CC1=C(Cl)C(=O)CC(Cc2noc(C(C)C)c2C#N)C1C. The maximum atomic E-state index is 11.9. The Balaban J connectivity index is 2.28. The summed E-state index contributed by atoms with van der Waals surface area (Å²) < 4.78 is 5.30. The molecule has 0 fully saturated rings. The van der Waals surface area contributed by atoms with Gasteiger partial charge in [0, 0.05) is 12.3 Å². The van der Waals surface area contributed by atoms with Crippen LogP contribution in [0, 0.1) is 23.2 Å². The van der Waals surface area contributed by atoms with Crippen molar-refractivity contribution in [1.29, 1.82) is 5.26 Å². The molecule has 2 rings (SSSR count). The molecule has 1 aliphatic rings. The third-order valence-corrected chi connectivity index (χ3v) is 4.82. The summed E-state index contributed by atoms with van der Waals surface area (Å²) in [7, 11) is 0. The maximum absolute atomic E-state index is 11.9. The molecule has 4 nitrogen and oxygen atoms in total. The van der Waals surface area contributed by atoms with Crippen LogP contribution in [0.25, 0.3) is 0 Å². The number of hydrogen-bond donors (Lipinski definition) is 0. The Kier molecular flexibility index (Phi) is 4.53. The molecule has 1 aromatic rings. The van der Waals surface area contributed by atoms with E-state index in [-0.39, 0.29) is 23.5 Å². The van der Waals surface area contributed by atoms with E-state index in [9.17, 15) is 10.1 Å². The lowest BCUT2D eigenvalue weighted by Crippen LogP contribution is -2.26. The maximum Gasteiger partial charge on any atom is 0.174 e. The average Bonchev–Trinajstić information content (AvgIpc) is 2.85. The fourth-order valence-electron chi connectivity index (χ4n) is 2.77. The fourth-order valence-corrected chi connectivity index (χ4v) is 3.02. The molecule has 0 radical (unpaired) electrons. The minimum atomic E-state index is -0.0247. The van der Waals surface area contributed by atoms with Crippen LogP contribution in [0.5, 0.6) is 0 Å². The Morgan fingerprint density at radius 1 is 1.52 bits per heavy atom. The summed E-state index contributed by atoms with van der Waals surface area (Å²) in [6.07, 6.45) is 0.958. The Morgan fingerprint density at radius 2 is 2.19 bits per heavy atom. The molecular formula is C16H19ClN2O2. The number of nitrogens with zero attached hydrogens (tertiary/aromatic N) is 2. The van der Waals surface area contributed by atoms with E-state index in [1.807, 2.05) is 20.8 Å². The van der Waals surface area contributed by atoms with Crippen molar-refractivity contribution in [1.82, 2.24) is 5.16 Å². The van der Waals surface area contributed by atoms with E-state index in [4.69, 9.17) is 16.1 Å². The molecule has 112 valence electrons. The van der Waals surface area contributed by atoms with Gasteiger partial charge in [-0.05, 0) is 30.8 Å². The predicted molar refractivity (Wildman–Crippen MR) is 79.8 cm³/mol. The van der Waals surface area contributed by atoms with Crippen LogP contribution in [0.1, 0.15) is 57.1 Å². The first-order valence-corrected chi connectivity index (χ1v) is 7.52. The third-order valence-electron chi connectivity index (χ3n) is 4.31. The zero-order valence-corrected chi connectivity index (χ0v) is 13.5. The van der Waals surface area contributed by atoms with Crippen molar-refractivity contribution < 1.29 is 9.32 Å². The number of ketones is 1. The van der Waals surface area contributed by atoms with Gasteiger partial charge in [-0.1, -0.05) is 37.5 Å². The molecule has 0 bridgehead atoms. The van der Waals surface area contributed by atoms with E-state index in [2.05, 4.69) is 18.1 Å². The van der Waals surface area contributed by atoms with Crippen LogP contribution in [0.4, 0.5) is 0 Å². The first-order chi connectivity index (χ1) is 9.86. The highest BCUT2D eigenvalue weighted by Crippen LogP contribution is 2.36. The van der Waals surface area contributed by atoms with Gasteiger partial charge in [0.1, 0.15) is 17.3 Å². The van der Waals surface area contributed by atoms with Crippen LogP contribution in [0.2, 0.25) is 0 Å². The van der Waals surface area contributed by atoms with Crippen molar-refractivity contribution in [2.75, 3.05) is 0 Å². The number of allylic oxidation sites excluding steroid dienone is 2. The second-order valence-electron chi connectivity index (χ2n) is 6.01. The van der Waals surface area contributed by atoms with E-state index >= 15 is 0 Å². The lowest BCUT2D eigenvalue weighted by Gasteiger charge is -2.28. The summed E-state index contributed by atoms with van der Waals surface area (Å²) in [5.74, 6) is 1.01. The summed E-state index contributed by atoms with van der Waals surface area (Å²) in [6.45, 7) is 7.88. The smallest absolute Gasteiger partial charge is 0.174 e. The number of aromatic nitrogens is 1. The van der Waals surface area contributed by atoms with Gasteiger partial charge in [-0.2, -0.15) is 5.26 Å². The summed E-state index contributed by atoms with van der Waals surface area (Å²) >= 11 is 6.03. The normalized spacial score (nSPS) is 22.8. The molecule has 1 aromatic heterocycles. The molecule has 0 saturated carbocycles. The zero-order chi connectivity index (χ0) is 15.7. The zero-order valence-electron chi connectivity index (χ0n) is 12.7. The molecule has 1 heterocycles. The molecule has 21 heavy (non-hydrogen) atoms. The molecule has 0 N–H and O–H groups in total. The van der Waals surface area contributed by atoms with Gasteiger partial charge >= 0.3 is 0 Å². The fraction of sp³-hybridized carbons (Fsp3) is 0.562. The molecule has 2 atom stereocenters. The monoisotopic (exact) mass is 306 g/mol. The summed E-state index contributed by atoms with van der Waals surface area (Å²) in [4.78, 5) is 11.9. The molecule has 0 amide bonds. The van der Waals surface area contributed by atoms with Crippen molar-refractivity contribution >= 4 is 17.4 Å². The minimum absolute atomic E-state index is 0.0247. The second kappa shape index (κ2) is 6.03.